The van der Waals surface area contributed by atoms with Crippen LogP contribution < -0.4 is 10.2 Å². The van der Waals surface area contributed by atoms with E-state index in [1.807, 2.05) is 23.1 Å². The van der Waals surface area contributed by atoms with Crippen molar-refractivity contribution in [1.82, 2.24) is 25.1 Å². The van der Waals surface area contributed by atoms with Crippen LogP contribution in [-0.4, -0.2) is 48.3 Å². The van der Waals surface area contributed by atoms with Crippen LogP contribution in [0.1, 0.15) is 44.1 Å². The van der Waals surface area contributed by atoms with Crippen LogP contribution in [0.15, 0.2) is 36.8 Å². The number of H-pyrrole nitrogens is 1. The molecule has 2 saturated carbocycles. The SMILES string of the molecule is O=C1N([C@@H]2CCC[C@@H](O)C2)c2nc(Nc3c[nH]nc3-c3ccccn3)ncc2C12CC2. The van der Waals surface area contributed by atoms with Crippen LogP contribution in [-0.2, 0) is 10.2 Å². The first-order valence-corrected chi connectivity index (χ1v) is 10.8. The molecule has 158 valence electrons. The molecule has 2 aliphatic carbocycles. The van der Waals surface area contributed by atoms with Gasteiger partial charge in [-0.25, -0.2) is 4.98 Å². The monoisotopic (exact) mass is 417 g/mol. The molecule has 1 aliphatic heterocycles. The van der Waals surface area contributed by atoms with Crippen LogP contribution in [0, 0.1) is 0 Å². The van der Waals surface area contributed by atoms with Gasteiger partial charge in [0.05, 0.1) is 22.9 Å². The third-order valence-corrected chi connectivity index (χ3v) is 6.67. The third kappa shape index (κ3) is 2.91. The van der Waals surface area contributed by atoms with Crippen molar-refractivity contribution < 1.29 is 9.90 Å². The lowest BCUT2D eigenvalue weighted by molar-refractivity contribution is -0.121. The van der Waals surface area contributed by atoms with Crippen molar-refractivity contribution in [2.75, 3.05) is 10.2 Å². The first-order chi connectivity index (χ1) is 15.2. The smallest absolute Gasteiger partial charge is 0.239 e. The number of aliphatic hydroxyl groups is 1. The van der Waals surface area contributed by atoms with Gasteiger partial charge in [-0.05, 0) is 50.7 Å². The molecule has 31 heavy (non-hydrogen) atoms. The molecule has 3 aliphatic rings. The van der Waals surface area contributed by atoms with Crippen molar-refractivity contribution in [3.05, 3.63) is 42.4 Å². The Bertz CT molecular complexity index is 1140. The fraction of sp³-hybridized carbons (Fsp3) is 0.409. The van der Waals surface area contributed by atoms with Gasteiger partial charge >= 0.3 is 0 Å². The number of nitrogens with one attached hydrogen (secondary N) is 2. The summed E-state index contributed by atoms with van der Waals surface area (Å²) in [5.74, 6) is 1.21. The molecule has 0 radical (unpaired) electrons. The largest absolute Gasteiger partial charge is 0.393 e. The maximum absolute atomic E-state index is 13.4. The predicted molar refractivity (Wildman–Crippen MR) is 114 cm³/mol. The Morgan fingerprint density at radius 2 is 2.13 bits per heavy atom. The van der Waals surface area contributed by atoms with Crippen LogP contribution in [0.3, 0.4) is 0 Å². The molecule has 3 aromatic heterocycles. The molecule has 0 bridgehead atoms. The first kappa shape index (κ1) is 18.4. The predicted octanol–water partition coefficient (Wildman–Crippen LogP) is 2.69. The van der Waals surface area contributed by atoms with E-state index in [0.717, 1.165) is 43.4 Å². The van der Waals surface area contributed by atoms with Gasteiger partial charge in [0.25, 0.3) is 0 Å². The average molecular weight is 417 g/mol. The van der Waals surface area contributed by atoms with Gasteiger partial charge in [-0.2, -0.15) is 10.1 Å². The Morgan fingerprint density at radius 1 is 1.23 bits per heavy atom. The van der Waals surface area contributed by atoms with Gasteiger partial charge < -0.3 is 10.4 Å². The lowest BCUT2D eigenvalue weighted by atomic mass is 9.92. The number of amides is 1. The Hall–Kier alpha value is -3.33. The normalized spacial score (nSPS) is 23.8. The van der Waals surface area contributed by atoms with E-state index in [0.29, 0.717) is 29.6 Å². The molecule has 2 atom stereocenters. The number of rotatable bonds is 4. The van der Waals surface area contributed by atoms with Crippen LogP contribution in [0.4, 0.5) is 17.5 Å². The number of carbonyl (C=O) groups excluding carboxylic acids is 1. The summed E-state index contributed by atoms with van der Waals surface area (Å²) in [6.07, 6.45) is 9.75. The number of hydrogen-bond donors (Lipinski definition) is 3. The molecule has 3 aromatic rings. The molecular formula is C22H23N7O2. The molecule has 9 heteroatoms. The quantitative estimate of drug-likeness (QED) is 0.597. The molecule has 3 N–H and O–H groups in total. The van der Waals surface area contributed by atoms with Crippen molar-refractivity contribution in [2.24, 2.45) is 0 Å². The summed E-state index contributed by atoms with van der Waals surface area (Å²) in [7, 11) is 0. The summed E-state index contributed by atoms with van der Waals surface area (Å²) in [6.45, 7) is 0. The van der Waals surface area contributed by atoms with Gasteiger partial charge in [-0.3, -0.25) is 19.8 Å². The lowest BCUT2D eigenvalue weighted by Gasteiger charge is -2.33. The number of anilines is 3. The molecule has 0 unspecified atom stereocenters. The number of aromatic amines is 1. The highest BCUT2D eigenvalue weighted by Gasteiger charge is 2.61. The van der Waals surface area contributed by atoms with Crippen LogP contribution in [0.2, 0.25) is 0 Å². The van der Waals surface area contributed by atoms with Crippen molar-refractivity contribution >= 4 is 23.4 Å². The average Bonchev–Trinajstić information content (AvgIpc) is 3.40. The summed E-state index contributed by atoms with van der Waals surface area (Å²) < 4.78 is 0. The number of fused-ring (bicyclic) bond motifs is 2. The summed E-state index contributed by atoms with van der Waals surface area (Å²) in [5, 5.41) is 20.6. The maximum Gasteiger partial charge on any atom is 0.239 e. The van der Waals surface area contributed by atoms with E-state index in [9.17, 15) is 9.90 Å². The lowest BCUT2D eigenvalue weighted by Crippen LogP contribution is -2.44. The van der Waals surface area contributed by atoms with Gasteiger partial charge in [0.1, 0.15) is 11.5 Å². The fourth-order valence-electron chi connectivity index (χ4n) is 4.92. The van der Waals surface area contributed by atoms with E-state index in [4.69, 9.17) is 4.98 Å². The van der Waals surface area contributed by atoms with Crippen LogP contribution >= 0.6 is 0 Å². The Morgan fingerprint density at radius 3 is 2.90 bits per heavy atom. The molecule has 4 heterocycles. The minimum absolute atomic E-state index is 0.0178. The second-order valence-corrected chi connectivity index (χ2v) is 8.65. The van der Waals surface area contributed by atoms with E-state index in [1.165, 1.54) is 0 Å². The summed E-state index contributed by atoms with van der Waals surface area (Å²) in [6, 6.07) is 5.63. The highest BCUT2D eigenvalue weighted by molar-refractivity contribution is 6.09. The highest BCUT2D eigenvalue weighted by atomic mass is 16.3. The Kier molecular flexibility index (Phi) is 4.07. The summed E-state index contributed by atoms with van der Waals surface area (Å²) >= 11 is 0. The van der Waals surface area contributed by atoms with Gasteiger partial charge in [-0.15, -0.1) is 0 Å². The minimum atomic E-state index is -0.453. The van der Waals surface area contributed by atoms with Crippen molar-refractivity contribution in [2.45, 2.75) is 56.1 Å². The van der Waals surface area contributed by atoms with Crippen molar-refractivity contribution in [3.63, 3.8) is 0 Å². The molecule has 1 spiro atoms. The summed E-state index contributed by atoms with van der Waals surface area (Å²) in [5.41, 5.74) is 2.58. The minimum Gasteiger partial charge on any atom is -0.393 e. The van der Waals surface area contributed by atoms with Gasteiger partial charge in [0, 0.05) is 30.2 Å². The summed E-state index contributed by atoms with van der Waals surface area (Å²) in [4.78, 5) is 28.8. The topological polar surface area (TPSA) is 120 Å². The van der Waals surface area contributed by atoms with E-state index < -0.39 is 5.41 Å². The molecule has 2 fully saturated rings. The molecule has 0 saturated heterocycles. The zero-order valence-corrected chi connectivity index (χ0v) is 17.0. The number of pyridine rings is 1. The van der Waals surface area contributed by atoms with Gasteiger partial charge in [-0.1, -0.05) is 6.07 Å². The van der Waals surface area contributed by atoms with Crippen molar-refractivity contribution in [3.8, 4) is 11.4 Å². The van der Waals surface area contributed by atoms with Crippen LogP contribution in [0.5, 0.6) is 0 Å². The zero-order chi connectivity index (χ0) is 21.0. The maximum atomic E-state index is 13.4. The Labute approximate surface area is 178 Å². The third-order valence-electron chi connectivity index (χ3n) is 6.67. The molecule has 9 nitrogen and oxygen atoms in total. The highest BCUT2D eigenvalue weighted by Crippen LogP contribution is 2.57. The molecule has 1 amide bonds. The number of aliphatic hydroxyl groups excluding tert-OH is 1. The standard InChI is InChI=1S/C22H23N7O2/c30-14-5-3-4-13(10-14)29-19-15(22(7-8-22)20(29)31)11-24-21(27-19)26-17-12-25-28-18(17)16-6-1-2-9-23-16/h1-2,6,9,11-14,30H,3-5,7-8,10H2,(H,25,28)(H,24,26,27)/t13-,14-/m1/s1. The first-order valence-electron chi connectivity index (χ1n) is 10.8. The second kappa shape index (κ2) is 6.84. The van der Waals surface area contributed by atoms with E-state index in [1.54, 1.807) is 18.6 Å². The molecular weight excluding hydrogens is 394 g/mol. The van der Waals surface area contributed by atoms with E-state index in [-0.39, 0.29) is 18.1 Å². The second-order valence-electron chi connectivity index (χ2n) is 8.65. The van der Waals surface area contributed by atoms with E-state index >= 15 is 0 Å². The Balaban J connectivity index is 1.35. The zero-order valence-electron chi connectivity index (χ0n) is 17.0. The molecule has 6 rings (SSSR count). The van der Waals surface area contributed by atoms with Gasteiger partial charge in [0.2, 0.25) is 11.9 Å². The van der Waals surface area contributed by atoms with Gasteiger partial charge in [0.15, 0.2) is 0 Å². The number of aromatic nitrogens is 5. The number of nitrogens with zero attached hydrogens (tertiary/aromatic N) is 5. The van der Waals surface area contributed by atoms with Crippen molar-refractivity contribution in [1.29, 1.82) is 0 Å². The molecule has 0 aromatic carbocycles. The fourth-order valence-corrected chi connectivity index (χ4v) is 4.92. The van der Waals surface area contributed by atoms with Crippen LogP contribution in [0.25, 0.3) is 11.4 Å². The van der Waals surface area contributed by atoms with E-state index in [2.05, 4.69) is 25.5 Å². The number of carbonyl (C=O) groups is 1. The number of hydrogen-bond acceptors (Lipinski definition) is 7.